The van der Waals surface area contributed by atoms with Gasteiger partial charge in [0.25, 0.3) is 5.56 Å². The first-order valence-electron chi connectivity index (χ1n) is 10.5. The van der Waals surface area contributed by atoms with Crippen molar-refractivity contribution in [2.45, 2.75) is 39.7 Å². The maximum atomic E-state index is 14.5. The molecule has 8 nitrogen and oxygen atoms in total. The second-order valence-electron chi connectivity index (χ2n) is 8.64. The van der Waals surface area contributed by atoms with Gasteiger partial charge in [0.05, 0.1) is 16.9 Å². The molecule has 3 heterocycles. The molecule has 0 atom stereocenters. The molecule has 2 amide bonds. The number of urea groups is 1. The lowest BCUT2D eigenvalue weighted by atomic mass is 9.92. The summed E-state index contributed by atoms with van der Waals surface area (Å²) in [6.45, 7) is 8.23. The number of hydrogen-bond donors (Lipinski definition) is 2. The summed E-state index contributed by atoms with van der Waals surface area (Å²) in [5.41, 5.74) is 1.75. The van der Waals surface area contributed by atoms with Gasteiger partial charge in [0, 0.05) is 41.4 Å². The lowest BCUT2D eigenvalue weighted by Gasteiger charge is -2.13. The zero-order chi connectivity index (χ0) is 23.8. The van der Waals surface area contributed by atoms with Crippen LogP contribution in [0.2, 0.25) is 0 Å². The number of rotatable bonds is 4. The third-order valence-corrected chi connectivity index (χ3v) is 5.25. The van der Waals surface area contributed by atoms with Crippen molar-refractivity contribution in [3.63, 3.8) is 0 Å². The number of nitrogens with zero attached hydrogens (tertiary/aromatic N) is 3. The fourth-order valence-corrected chi connectivity index (χ4v) is 3.49. The molecule has 2 N–H and O–H groups in total. The molecule has 0 saturated heterocycles. The Morgan fingerprint density at radius 2 is 1.94 bits per heavy atom. The highest BCUT2D eigenvalue weighted by molar-refractivity contribution is 5.99. The topological polar surface area (TPSA) is 102 Å². The summed E-state index contributed by atoms with van der Waals surface area (Å²) >= 11 is 0. The smallest absolute Gasteiger partial charge is 0.326 e. The predicted molar refractivity (Wildman–Crippen MR) is 125 cm³/mol. The number of nitrogens with one attached hydrogen (secondary N) is 2. The Hall–Kier alpha value is -4.01. The third kappa shape index (κ3) is 4.48. The van der Waals surface area contributed by atoms with Crippen LogP contribution in [0.3, 0.4) is 0 Å². The lowest BCUT2D eigenvalue weighted by molar-refractivity contribution is 0.261. The van der Waals surface area contributed by atoms with Crippen LogP contribution in [-0.2, 0) is 12.0 Å². The van der Waals surface area contributed by atoms with Crippen LogP contribution >= 0.6 is 0 Å². The standard InChI is InChI=1S/C24H24FN5O3/c1-5-30-19-8-9-26-13-15(19)10-16(22(30)31)14-6-7-17(25)18(11-14)27-23(32)28-21-12-20(29-33-21)24(2,3)4/h6-13H,5H2,1-4H3,(H2,27,28,32). The van der Waals surface area contributed by atoms with Crippen LogP contribution in [0.25, 0.3) is 22.0 Å². The van der Waals surface area contributed by atoms with Crippen molar-refractivity contribution < 1.29 is 13.7 Å². The van der Waals surface area contributed by atoms with Crippen molar-refractivity contribution >= 4 is 28.5 Å². The number of aromatic nitrogens is 3. The van der Waals surface area contributed by atoms with Gasteiger partial charge in [-0.2, -0.15) is 0 Å². The van der Waals surface area contributed by atoms with Crippen molar-refractivity contribution in [2.75, 3.05) is 10.6 Å². The summed E-state index contributed by atoms with van der Waals surface area (Å²) in [6, 6.07) is 8.55. The fourth-order valence-electron chi connectivity index (χ4n) is 3.49. The number of carbonyl (C=O) groups excluding carboxylic acids is 1. The van der Waals surface area contributed by atoms with E-state index in [1.165, 1.54) is 18.2 Å². The Kier molecular flexibility index (Phi) is 5.71. The molecule has 0 aliphatic heterocycles. The molecule has 33 heavy (non-hydrogen) atoms. The molecule has 170 valence electrons. The summed E-state index contributed by atoms with van der Waals surface area (Å²) < 4.78 is 21.2. The quantitative estimate of drug-likeness (QED) is 0.448. The summed E-state index contributed by atoms with van der Waals surface area (Å²) in [6.07, 6.45) is 3.30. The Morgan fingerprint density at radius 3 is 2.64 bits per heavy atom. The molecule has 4 aromatic rings. The summed E-state index contributed by atoms with van der Waals surface area (Å²) in [7, 11) is 0. The average molecular weight is 449 g/mol. The molecule has 3 aromatic heterocycles. The molecule has 1 aromatic carbocycles. The predicted octanol–water partition coefficient (Wildman–Crippen LogP) is 5.15. The SMILES string of the molecule is CCn1c(=O)c(-c2ccc(F)c(NC(=O)Nc3cc(C(C)(C)C)no3)c2)cc2cnccc21. The highest BCUT2D eigenvalue weighted by Gasteiger charge is 2.20. The number of carbonyl (C=O) groups is 1. The van der Waals surface area contributed by atoms with Gasteiger partial charge in [-0.3, -0.25) is 15.1 Å². The fraction of sp³-hybridized carbons (Fsp3) is 0.250. The second-order valence-corrected chi connectivity index (χ2v) is 8.64. The monoisotopic (exact) mass is 449 g/mol. The van der Waals surface area contributed by atoms with Gasteiger partial charge in [-0.25, -0.2) is 9.18 Å². The maximum absolute atomic E-state index is 14.5. The van der Waals surface area contributed by atoms with Crippen LogP contribution in [0.15, 0.2) is 58.1 Å². The first-order chi connectivity index (χ1) is 15.7. The molecule has 0 unspecified atom stereocenters. The molecular formula is C24H24FN5O3. The molecule has 4 rings (SSSR count). The Labute approximate surface area is 189 Å². The van der Waals surface area contributed by atoms with E-state index in [1.807, 2.05) is 27.7 Å². The van der Waals surface area contributed by atoms with Crippen molar-refractivity contribution in [3.8, 4) is 11.1 Å². The number of halogens is 1. The number of aryl methyl sites for hydroxylation is 1. The van der Waals surface area contributed by atoms with E-state index in [9.17, 15) is 14.0 Å². The van der Waals surface area contributed by atoms with E-state index in [4.69, 9.17) is 4.52 Å². The summed E-state index contributed by atoms with van der Waals surface area (Å²) in [5, 5.41) is 9.69. The van der Waals surface area contributed by atoms with Crippen molar-refractivity contribution in [2.24, 2.45) is 0 Å². The van der Waals surface area contributed by atoms with E-state index in [-0.39, 0.29) is 22.5 Å². The number of anilines is 2. The van der Waals surface area contributed by atoms with Gasteiger partial charge in [-0.05, 0) is 36.8 Å². The number of hydrogen-bond acceptors (Lipinski definition) is 5. The van der Waals surface area contributed by atoms with Crippen molar-refractivity contribution in [3.05, 3.63) is 70.7 Å². The molecule has 0 aliphatic carbocycles. The lowest BCUT2D eigenvalue weighted by Crippen LogP contribution is -2.22. The zero-order valence-electron chi connectivity index (χ0n) is 18.8. The first kappa shape index (κ1) is 22.2. The number of pyridine rings is 2. The van der Waals surface area contributed by atoms with Gasteiger partial charge in [-0.1, -0.05) is 32.0 Å². The first-order valence-corrected chi connectivity index (χ1v) is 10.5. The Bertz CT molecular complexity index is 1400. The number of amides is 2. The van der Waals surface area contributed by atoms with Crippen LogP contribution in [0.4, 0.5) is 20.8 Å². The van der Waals surface area contributed by atoms with Gasteiger partial charge >= 0.3 is 6.03 Å². The highest BCUT2D eigenvalue weighted by atomic mass is 19.1. The largest absolute Gasteiger partial charge is 0.338 e. The average Bonchev–Trinajstić information content (AvgIpc) is 3.24. The minimum absolute atomic E-state index is 0.0747. The Balaban J connectivity index is 1.64. The minimum atomic E-state index is -0.698. The molecule has 0 fully saturated rings. The van der Waals surface area contributed by atoms with E-state index in [2.05, 4.69) is 20.8 Å². The van der Waals surface area contributed by atoms with Crippen molar-refractivity contribution in [1.82, 2.24) is 14.7 Å². The van der Waals surface area contributed by atoms with Crippen LogP contribution in [0.1, 0.15) is 33.4 Å². The van der Waals surface area contributed by atoms with Crippen LogP contribution < -0.4 is 16.2 Å². The molecule has 0 spiro atoms. The van der Waals surface area contributed by atoms with Crippen LogP contribution in [-0.4, -0.2) is 20.7 Å². The minimum Gasteiger partial charge on any atom is -0.338 e. The maximum Gasteiger partial charge on any atom is 0.326 e. The van der Waals surface area contributed by atoms with E-state index in [0.717, 1.165) is 10.9 Å². The molecular weight excluding hydrogens is 425 g/mol. The second kappa shape index (κ2) is 8.50. The highest BCUT2D eigenvalue weighted by Crippen LogP contribution is 2.26. The molecule has 9 heteroatoms. The van der Waals surface area contributed by atoms with Gasteiger partial charge in [-0.15, -0.1) is 0 Å². The third-order valence-electron chi connectivity index (χ3n) is 5.25. The molecule has 0 bridgehead atoms. The van der Waals surface area contributed by atoms with E-state index in [1.54, 1.807) is 35.2 Å². The number of benzene rings is 1. The van der Waals surface area contributed by atoms with Crippen molar-refractivity contribution in [1.29, 1.82) is 0 Å². The van der Waals surface area contributed by atoms with Gasteiger partial charge in [0.1, 0.15) is 5.82 Å². The number of fused-ring (bicyclic) bond motifs is 1. The van der Waals surface area contributed by atoms with Gasteiger partial charge in [0.2, 0.25) is 5.88 Å². The van der Waals surface area contributed by atoms with E-state index in [0.29, 0.717) is 23.4 Å². The molecule has 0 aliphatic rings. The summed E-state index contributed by atoms with van der Waals surface area (Å²) in [4.78, 5) is 29.6. The van der Waals surface area contributed by atoms with Crippen LogP contribution in [0, 0.1) is 5.82 Å². The van der Waals surface area contributed by atoms with E-state index < -0.39 is 11.8 Å². The van der Waals surface area contributed by atoms with Crippen LogP contribution in [0.5, 0.6) is 0 Å². The Morgan fingerprint density at radius 1 is 1.15 bits per heavy atom. The summed E-state index contributed by atoms with van der Waals surface area (Å²) in [5.74, 6) is -0.498. The normalized spacial score (nSPS) is 11.5. The van der Waals surface area contributed by atoms with Gasteiger partial charge < -0.3 is 14.4 Å². The zero-order valence-corrected chi connectivity index (χ0v) is 18.8. The van der Waals surface area contributed by atoms with Gasteiger partial charge in [0.15, 0.2) is 0 Å². The molecule has 0 saturated carbocycles. The molecule has 0 radical (unpaired) electrons. The van der Waals surface area contributed by atoms with E-state index >= 15 is 0 Å².